The summed E-state index contributed by atoms with van der Waals surface area (Å²) >= 11 is 7.78. The Kier molecular flexibility index (Phi) is 8.45. The highest BCUT2D eigenvalue weighted by Crippen LogP contribution is 2.32. The lowest BCUT2D eigenvalue weighted by atomic mass is 10.2. The molecule has 0 aliphatic heterocycles. The quantitative estimate of drug-likeness (QED) is 0.179. The fraction of sp³-hybridized carbons (Fsp3) is 0.100. The van der Waals surface area contributed by atoms with Gasteiger partial charge < -0.3 is 14.8 Å². The molecular formula is C30H25ClN4O3S. The largest absolute Gasteiger partial charge is 0.494 e. The molecule has 0 saturated heterocycles. The average molecular weight is 557 g/mol. The van der Waals surface area contributed by atoms with Crippen LogP contribution in [0.5, 0.6) is 17.2 Å². The van der Waals surface area contributed by atoms with Crippen molar-refractivity contribution in [2.75, 3.05) is 17.7 Å². The van der Waals surface area contributed by atoms with E-state index in [1.807, 2.05) is 102 Å². The van der Waals surface area contributed by atoms with Crippen LogP contribution in [-0.2, 0) is 4.79 Å². The number of anilines is 1. The molecule has 4 aromatic carbocycles. The number of carbonyl (C=O) groups is 1. The summed E-state index contributed by atoms with van der Waals surface area (Å²) in [7, 11) is 0. The van der Waals surface area contributed by atoms with Gasteiger partial charge in [0.1, 0.15) is 17.2 Å². The maximum absolute atomic E-state index is 12.8. The summed E-state index contributed by atoms with van der Waals surface area (Å²) in [4.78, 5) is 12.8. The van der Waals surface area contributed by atoms with E-state index in [0.29, 0.717) is 34.0 Å². The van der Waals surface area contributed by atoms with Gasteiger partial charge in [-0.3, -0.25) is 9.36 Å². The Bertz CT molecular complexity index is 1540. The lowest BCUT2D eigenvalue weighted by Crippen LogP contribution is -2.14. The van der Waals surface area contributed by atoms with Crippen molar-refractivity contribution >= 4 is 35.0 Å². The minimum absolute atomic E-state index is 0.139. The number of hydrogen-bond acceptors (Lipinski definition) is 6. The monoisotopic (exact) mass is 556 g/mol. The molecule has 0 spiro atoms. The van der Waals surface area contributed by atoms with Crippen molar-refractivity contribution in [3.8, 4) is 34.3 Å². The molecule has 1 heterocycles. The lowest BCUT2D eigenvalue weighted by Gasteiger charge is -2.12. The maximum atomic E-state index is 12.8. The number of thioether (sulfide) groups is 1. The molecule has 0 saturated carbocycles. The molecule has 7 nitrogen and oxygen atoms in total. The zero-order valence-corrected chi connectivity index (χ0v) is 22.7. The molecule has 196 valence electrons. The van der Waals surface area contributed by atoms with Gasteiger partial charge in [-0.25, -0.2) is 0 Å². The molecule has 39 heavy (non-hydrogen) atoms. The van der Waals surface area contributed by atoms with Crippen LogP contribution in [0.15, 0.2) is 108 Å². The molecule has 1 N–H and O–H groups in total. The Morgan fingerprint density at radius 2 is 1.51 bits per heavy atom. The van der Waals surface area contributed by atoms with E-state index >= 15 is 0 Å². The smallest absolute Gasteiger partial charge is 0.234 e. The molecule has 0 fully saturated rings. The topological polar surface area (TPSA) is 78.3 Å². The van der Waals surface area contributed by atoms with Crippen molar-refractivity contribution in [1.82, 2.24) is 14.8 Å². The normalized spacial score (nSPS) is 10.7. The second-order valence-corrected chi connectivity index (χ2v) is 9.67. The summed E-state index contributed by atoms with van der Waals surface area (Å²) in [5.41, 5.74) is 2.25. The van der Waals surface area contributed by atoms with Crippen molar-refractivity contribution in [2.45, 2.75) is 12.1 Å². The number of nitrogens with one attached hydrogen (secondary N) is 1. The predicted octanol–water partition coefficient (Wildman–Crippen LogP) is 7.51. The van der Waals surface area contributed by atoms with E-state index in [9.17, 15) is 4.79 Å². The van der Waals surface area contributed by atoms with Crippen LogP contribution in [-0.4, -0.2) is 33.0 Å². The number of amides is 1. The number of para-hydroxylation sites is 1. The van der Waals surface area contributed by atoms with E-state index in [1.54, 1.807) is 12.1 Å². The average Bonchev–Trinajstić information content (AvgIpc) is 3.38. The number of halogens is 1. The SMILES string of the molecule is CCOc1ccc(-n2c(SCC(=O)Nc3ccc(Oc4ccccc4)cc3)nnc2-c2ccccc2Cl)cc1. The number of ether oxygens (including phenoxy) is 2. The Morgan fingerprint density at radius 3 is 2.23 bits per heavy atom. The van der Waals surface area contributed by atoms with Crippen molar-refractivity contribution in [1.29, 1.82) is 0 Å². The van der Waals surface area contributed by atoms with Crippen LogP contribution < -0.4 is 14.8 Å². The van der Waals surface area contributed by atoms with Gasteiger partial charge in [-0.15, -0.1) is 10.2 Å². The van der Waals surface area contributed by atoms with Crippen molar-refractivity contribution in [2.24, 2.45) is 0 Å². The van der Waals surface area contributed by atoms with E-state index < -0.39 is 0 Å². The fourth-order valence-electron chi connectivity index (χ4n) is 3.83. The summed E-state index contributed by atoms with van der Waals surface area (Å²) in [6.07, 6.45) is 0. The first-order valence-corrected chi connectivity index (χ1v) is 13.7. The first-order chi connectivity index (χ1) is 19.1. The Balaban J connectivity index is 1.30. The second-order valence-electron chi connectivity index (χ2n) is 8.32. The van der Waals surface area contributed by atoms with Gasteiger partial charge in [0.15, 0.2) is 11.0 Å². The number of benzene rings is 4. The second kappa shape index (κ2) is 12.5. The number of aromatic nitrogens is 3. The van der Waals surface area contributed by atoms with E-state index in [1.165, 1.54) is 11.8 Å². The van der Waals surface area contributed by atoms with Crippen LogP contribution in [0.2, 0.25) is 5.02 Å². The summed E-state index contributed by atoms with van der Waals surface area (Å²) in [5, 5.41) is 12.9. The number of nitrogens with zero attached hydrogens (tertiary/aromatic N) is 3. The first kappa shape index (κ1) is 26.3. The third kappa shape index (κ3) is 6.60. The van der Waals surface area contributed by atoms with Gasteiger partial charge in [0.25, 0.3) is 0 Å². The molecular weight excluding hydrogens is 532 g/mol. The Labute approximate surface area is 235 Å². The molecule has 5 aromatic rings. The zero-order valence-electron chi connectivity index (χ0n) is 21.1. The van der Waals surface area contributed by atoms with Gasteiger partial charge in [-0.1, -0.05) is 53.7 Å². The summed E-state index contributed by atoms with van der Waals surface area (Å²) in [6, 6.07) is 31.9. The Hall–Kier alpha value is -4.27. The minimum atomic E-state index is -0.169. The third-order valence-corrected chi connectivity index (χ3v) is 6.86. The van der Waals surface area contributed by atoms with Crippen molar-refractivity contribution < 1.29 is 14.3 Å². The van der Waals surface area contributed by atoms with Crippen LogP contribution in [0.3, 0.4) is 0 Å². The van der Waals surface area contributed by atoms with Gasteiger partial charge in [-0.05, 0) is 79.7 Å². The maximum Gasteiger partial charge on any atom is 0.234 e. The van der Waals surface area contributed by atoms with Gasteiger partial charge in [0.2, 0.25) is 5.91 Å². The molecule has 0 bridgehead atoms. The fourth-order valence-corrected chi connectivity index (χ4v) is 4.80. The number of hydrogen-bond donors (Lipinski definition) is 1. The third-order valence-electron chi connectivity index (χ3n) is 5.60. The summed E-state index contributed by atoms with van der Waals surface area (Å²) in [5.74, 6) is 2.75. The summed E-state index contributed by atoms with van der Waals surface area (Å²) in [6.45, 7) is 2.52. The molecule has 1 aromatic heterocycles. The molecule has 0 atom stereocenters. The predicted molar refractivity (Wildman–Crippen MR) is 155 cm³/mol. The van der Waals surface area contributed by atoms with Gasteiger partial charge in [0, 0.05) is 16.9 Å². The highest BCUT2D eigenvalue weighted by Gasteiger charge is 2.19. The molecule has 9 heteroatoms. The molecule has 1 amide bonds. The molecule has 5 rings (SSSR count). The standard InChI is InChI=1S/C30H25ClN4O3S/c1-2-37-23-18-14-22(15-19-23)35-29(26-10-6-7-11-27(26)31)33-34-30(35)39-20-28(36)32-21-12-16-25(17-13-21)38-24-8-4-3-5-9-24/h3-19H,2,20H2,1H3,(H,32,36). The van der Waals surface area contributed by atoms with E-state index in [-0.39, 0.29) is 11.7 Å². The van der Waals surface area contributed by atoms with Crippen LogP contribution >= 0.6 is 23.4 Å². The molecule has 0 aliphatic rings. The van der Waals surface area contributed by atoms with E-state index in [2.05, 4.69) is 15.5 Å². The lowest BCUT2D eigenvalue weighted by molar-refractivity contribution is -0.113. The first-order valence-electron chi connectivity index (χ1n) is 12.3. The zero-order chi connectivity index (χ0) is 27.0. The highest BCUT2D eigenvalue weighted by atomic mass is 35.5. The molecule has 0 aliphatic carbocycles. The van der Waals surface area contributed by atoms with Gasteiger partial charge >= 0.3 is 0 Å². The Morgan fingerprint density at radius 1 is 0.846 bits per heavy atom. The summed E-state index contributed by atoms with van der Waals surface area (Å²) < 4.78 is 13.3. The molecule has 0 unspecified atom stereocenters. The van der Waals surface area contributed by atoms with Gasteiger partial charge in [-0.2, -0.15) is 0 Å². The van der Waals surface area contributed by atoms with Crippen molar-refractivity contribution in [3.05, 3.63) is 108 Å². The van der Waals surface area contributed by atoms with Crippen molar-refractivity contribution in [3.63, 3.8) is 0 Å². The van der Waals surface area contributed by atoms with Crippen LogP contribution in [0.25, 0.3) is 17.1 Å². The van der Waals surface area contributed by atoms with Crippen LogP contribution in [0.1, 0.15) is 6.92 Å². The molecule has 0 radical (unpaired) electrons. The number of rotatable bonds is 10. The van der Waals surface area contributed by atoms with E-state index in [4.69, 9.17) is 21.1 Å². The van der Waals surface area contributed by atoms with E-state index in [0.717, 1.165) is 22.7 Å². The van der Waals surface area contributed by atoms with Crippen LogP contribution in [0.4, 0.5) is 5.69 Å². The minimum Gasteiger partial charge on any atom is -0.494 e. The van der Waals surface area contributed by atoms with Gasteiger partial charge in [0.05, 0.1) is 17.4 Å². The van der Waals surface area contributed by atoms with Crippen LogP contribution in [0, 0.1) is 0 Å². The number of carbonyl (C=O) groups excluding carboxylic acids is 1. The highest BCUT2D eigenvalue weighted by molar-refractivity contribution is 7.99.